The number of halogens is 1. The summed E-state index contributed by atoms with van der Waals surface area (Å²) < 4.78 is 39.5. The minimum atomic E-state index is -0.765. The fourth-order valence-electron chi connectivity index (χ4n) is 3.62. The van der Waals surface area contributed by atoms with Crippen LogP contribution in [-0.4, -0.2) is 18.3 Å². The maximum absolute atomic E-state index is 15.6. The van der Waals surface area contributed by atoms with Gasteiger partial charge < -0.3 is 18.8 Å². The largest absolute Gasteiger partial charge is 0.497 e. The van der Waals surface area contributed by atoms with Crippen molar-refractivity contribution in [1.82, 2.24) is 0 Å². The van der Waals surface area contributed by atoms with Gasteiger partial charge in [0.25, 0.3) is 0 Å². The highest BCUT2D eigenvalue weighted by Gasteiger charge is 2.52. The SMILES string of the molecule is CC1(C)OB(c2cccc(-c3ccc4c(c3)Oc3ccccc3O4)c2F)OC1(C)C. The van der Waals surface area contributed by atoms with E-state index < -0.39 is 18.3 Å². The average Bonchev–Trinajstić information content (AvgIpc) is 2.93. The van der Waals surface area contributed by atoms with Gasteiger partial charge in [-0.25, -0.2) is 4.39 Å². The van der Waals surface area contributed by atoms with Gasteiger partial charge in [0.2, 0.25) is 0 Å². The van der Waals surface area contributed by atoms with Crippen molar-refractivity contribution in [1.29, 1.82) is 0 Å². The van der Waals surface area contributed by atoms with Gasteiger partial charge in [-0.15, -0.1) is 0 Å². The van der Waals surface area contributed by atoms with E-state index in [0.29, 0.717) is 39.6 Å². The monoisotopic (exact) mass is 404 g/mol. The molecule has 30 heavy (non-hydrogen) atoms. The Kier molecular flexibility index (Phi) is 4.21. The van der Waals surface area contributed by atoms with E-state index >= 15 is 4.39 Å². The van der Waals surface area contributed by atoms with Gasteiger partial charge in [0, 0.05) is 11.0 Å². The van der Waals surface area contributed by atoms with Crippen LogP contribution in [0.2, 0.25) is 0 Å². The number of benzene rings is 3. The maximum atomic E-state index is 15.6. The van der Waals surface area contributed by atoms with Gasteiger partial charge in [-0.05, 0) is 57.5 Å². The van der Waals surface area contributed by atoms with Gasteiger partial charge in [-0.1, -0.05) is 36.4 Å². The Balaban J connectivity index is 1.50. The van der Waals surface area contributed by atoms with E-state index in [2.05, 4.69) is 0 Å². The Morgan fingerprint density at radius 2 is 1.30 bits per heavy atom. The van der Waals surface area contributed by atoms with Gasteiger partial charge in [-0.3, -0.25) is 0 Å². The molecule has 2 aliphatic rings. The zero-order valence-electron chi connectivity index (χ0n) is 17.4. The quantitative estimate of drug-likeness (QED) is 0.402. The van der Waals surface area contributed by atoms with E-state index in [1.54, 1.807) is 24.3 Å². The smallest absolute Gasteiger partial charge is 0.450 e. The van der Waals surface area contributed by atoms with Crippen LogP contribution in [0, 0.1) is 5.82 Å². The van der Waals surface area contributed by atoms with E-state index in [0.717, 1.165) is 0 Å². The van der Waals surface area contributed by atoms with Crippen LogP contribution < -0.4 is 14.9 Å². The molecule has 2 aliphatic heterocycles. The summed E-state index contributed by atoms with van der Waals surface area (Å²) in [5, 5.41) is 0. The van der Waals surface area contributed by atoms with Crippen molar-refractivity contribution < 1.29 is 23.2 Å². The van der Waals surface area contributed by atoms with Crippen molar-refractivity contribution in [2.45, 2.75) is 38.9 Å². The molecule has 0 saturated carbocycles. The highest BCUT2D eigenvalue weighted by molar-refractivity contribution is 6.62. The first kappa shape index (κ1) is 19.2. The normalized spacial score (nSPS) is 18.2. The lowest BCUT2D eigenvalue weighted by atomic mass is 9.77. The molecule has 0 aliphatic carbocycles. The molecule has 0 atom stereocenters. The molecule has 0 aromatic heterocycles. The third kappa shape index (κ3) is 2.99. The van der Waals surface area contributed by atoms with Crippen molar-refractivity contribution in [3.05, 3.63) is 66.5 Å². The molecule has 6 heteroatoms. The molecule has 0 unspecified atom stereocenters. The van der Waals surface area contributed by atoms with Gasteiger partial charge in [0.05, 0.1) is 11.2 Å². The van der Waals surface area contributed by atoms with Gasteiger partial charge >= 0.3 is 7.12 Å². The Labute approximate surface area is 175 Å². The fraction of sp³-hybridized carbons (Fsp3) is 0.250. The Bertz CT molecular complexity index is 1130. The van der Waals surface area contributed by atoms with Gasteiger partial charge in [0.15, 0.2) is 23.0 Å². The zero-order chi connectivity index (χ0) is 21.1. The summed E-state index contributed by atoms with van der Waals surface area (Å²) in [6.45, 7) is 7.81. The molecular formula is C24H22BFO4. The Morgan fingerprint density at radius 1 is 0.700 bits per heavy atom. The summed E-state index contributed by atoms with van der Waals surface area (Å²) >= 11 is 0. The maximum Gasteiger partial charge on any atom is 0.497 e. The number of hydrogen-bond donors (Lipinski definition) is 0. The van der Waals surface area contributed by atoms with E-state index in [-0.39, 0.29) is 5.82 Å². The van der Waals surface area contributed by atoms with Crippen molar-refractivity contribution in [2.75, 3.05) is 0 Å². The molecule has 1 fully saturated rings. The minimum absolute atomic E-state index is 0.368. The lowest BCUT2D eigenvalue weighted by molar-refractivity contribution is 0.00578. The molecule has 0 N–H and O–H groups in total. The summed E-state index contributed by atoms with van der Waals surface area (Å²) in [5.41, 5.74) is 0.445. The summed E-state index contributed by atoms with van der Waals surface area (Å²) in [6.07, 6.45) is 0. The molecular weight excluding hydrogens is 382 g/mol. The van der Waals surface area contributed by atoms with Crippen LogP contribution in [0.1, 0.15) is 27.7 Å². The first-order valence-electron chi connectivity index (χ1n) is 9.98. The third-order valence-electron chi connectivity index (χ3n) is 6.08. The first-order valence-corrected chi connectivity index (χ1v) is 9.98. The van der Waals surface area contributed by atoms with Gasteiger partial charge in [-0.2, -0.15) is 0 Å². The first-order chi connectivity index (χ1) is 14.2. The summed E-state index contributed by atoms with van der Waals surface area (Å²) in [4.78, 5) is 0. The number of rotatable bonds is 2. The second-order valence-corrected chi connectivity index (χ2v) is 8.61. The van der Waals surface area contributed by atoms with Crippen LogP contribution >= 0.6 is 0 Å². The topological polar surface area (TPSA) is 36.9 Å². The Hall–Kier alpha value is -2.83. The van der Waals surface area contributed by atoms with E-state index in [4.69, 9.17) is 18.8 Å². The summed E-state index contributed by atoms with van der Waals surface area (Å²) in [5.74, 6) is 2.07. The molecule has 0 amide bonds. The second-order valence-electron chi connectivity index (χ2n) is 8.61. The van der Waals surface area contributed by atoms with Crippen LogP contribution in [0.5, 0.6) is 23.0 Å². The standard InChI is InChI=1S/C24H22BFO4/c1-23(2)24(3,4)30-25(29-23)17-9-7-8-16(22(17)26)15-12-13-20-21(14-15)28-19-11-6-5-10-18(19)27-20/h5-14H,1-4H3. The number of ether oxygens (including phenoxy) is 2. The average molecular weight is 404 g/mol. The van der Waals surface area contributed by atoms with Crippen molar-refractivity contribution in [2.24, 2.45) is 0 Å². The van der Waals surface area contributed by atoms with Crippen LogP contribution in [0.25, 0.3) is 11.1 Å². The molecule has 0 bridgehead atoms. The van der Waals surface area contributed by atoms with E-state index in [1.807, 2.05) is 64.1 Å². The lowest BCUT2D eigenvalue weighted by Gasteiger charge is -2.32. The summed E-state index contributed by atoms with van der Waals surface area (Å²) in [7, 11) is -0.765. The fourth-order valence-corrected chi connectivity index (χ4v) is 3.62. The van der Waals surface area contributed by atoms with Gasteiger partial charge in [0.1, 0.15) is 5.82 Å². The van der Waals surface area contributed by atoms with E-state index in [1.165, 1.54) is 0 Å². The molecule has 152 valence electrons. The molecule has 1 saturated heterocycles. The van der Waals surface area contributed by atoms with Crippen molar-refractivity contribution >= 4 is 12.6 Å². The lowest BCUT2D eigenvalue weighted by Crippen LogP contribution is -2.41. The Morgan fingerprint density at radius 3 is 1.97 bits per heavy atom. The third-order valence-corrected chi connectivity index (χ3v) is 6.08. The summed E-state index contributed by atoms with van der Waals surface area (Å²) in [6, 6.07) is 18.1. The second kappa shape index (κ2) is 6.59. The predicted molar refractivity (Wildman–Crippen MR) is 114 cm³/mol. The molecule has 0 spiro atoms. The highest BCUT2D eigenvalue weighted by atomic mass is 19.1. The minimum Gasteiger partial charge on any atom is -0.450 e. The van der Waals surface area contributed by atoms with Crippen molar-refractivity contribution in [3.8, 4) is 34.1 Å². The number of para-hydroxylation sites is 2. The molecule has 3 aromatic rings. The van der Waals surface area contributed by atoms with Crippen molar-refractivity contribution in [3.63, 3.8) is 0 Å². The van der Waals surface area contributed by atoms with E-state index in [9.17, 15) is 0 Å². The molecule has 5 rings (SSSR count). The molecule has 3 aromatic carbocycles. The molecule has 4 nitrogen and oxygen atoms in total. The predicted octanol–water partition coefficient (Wildman–Crippen LogP) is 5.69. The van der Waals surface area contributed by atoms with Crippen LogP contribution in [0.15, 0.2) is 60.7 Å². The zero-order valence-corrected chi connectivity index (χ0v) is 17.4. The number of fused-ring (bicyclic) bond motifs is 2. The highest BCUT2D eigenvalue weighted by Crippen LogP contribution is 2.46. The number of hydrogen-bond acceptors (Lipinski definition) is 4. The van der Waals surface area contributed by atoms with Crippen LogP contribution in [0.4, 0.5) is 4.39 Å². The molecule has 0 radical (unpaired) electrons. The van der Waals surface area contributed by atoms with Crippen LogP contribution in [-0.2, 0) is 9.31 Å². The van der Waals surface area contributed by atoms with Crippen LogP contribution in [0.3, 0.4) is 0 Å². The molecule has 2 heterocycles.